The zero-order valence-electron chi connectivity index (χ0n) is 8.01. The molecule has 0 bridgehead atoms. The Morgan fingerprint density at radius 2 is 2.40 bits per heavy atom. The molecule has 0 aromatic carbocycles. The molecule has 1 aliphatic heterocycles. The molecule has 0 fully saturated rings. The Morgan fingerprint density at radius 3 is 3.20 bits per heavy atom. The van der Waals surface area contributed by atoms with Gasteiger partial charge in [-0.2, -0.15) is 5.10 Å². The lowest BCUT2D eigenvalue weighted by atomic mass is 10.2. The van der Waals surface area contributed by atoms with Gasteiger partial charge in [0.25, 0.3) is 0 Å². The van der Waals surface area contributed by atoms with E-state index >= 15 is 0 Å². The summed E-state index contributed by atoms with van der Waals surface area (Å²) in [6.45, 7) is 2.86. The highest BCUT2D eigenvalue weighted by Crippen LogP contribution is 2.24. The highest BCUT2D eigenvalue weighted by molar-refractivity contribution is 7.07. The second-order valence-electron chi connectivity index (χ2n) is 3.28. The molecule has 1 aliphatic rings. The van der Waals surface area contributed by atoms with Crippen molar-refractivity contribution in [2.75, 3.05) is 6.54 Å². The molecule has 0 aliphatic carbocycles. The van der Waals surface area contributed by atoms with Crippen LogP contribution in [0.25, 0.3) is 11.3 Å². The van der Waals surface area contributed by atoms with E-state index in [2.05, 4.69) is 25.5 Å². The van der Waals surface area contributed by atoms with Crippen LogP contribution in [0.2, 0.25) is 0 Å². The third-order valence-corrected chi connectivity index (χ3v) is 3.04. The van der Waals surface area contributed by atoms with Crippen LogP contribution in [0, 0.1) is 0 Å². The average molecular weight is 243 g/mol. The molecule has 0 atom stereocenters. The SMILES string of the molecule is Cl.c1nc(-c2cnn3c2CNCC3)cs1. The fourth-order valence-corrected chi connectivity index (χ4v) is 2.29. The summed E-state index contributed by atoms with van der Waals surface area (Å²) in [5, 5.41) is 9.76. The number of rotatable bonds is 1. The van der Waals surface area contributed by atoms with E-state index in [1.807, 2.05) is 11.7 Å². The molecule has 0 amide bonds. The molecule has 0 unspecified atom stereocenters. The minimum Gasteiger partial charge on any atom is -0.309 e. The molecule has 6 heteroatoms. The van der Waals surface area contributed by atoms with Crippen molar-refractivity contribution in [1.29, 1.82) is 0 Å². The van der Waals surface area contributed by atoms with Crippen LogP contribution < -0.4 is 5.32 Å². The highest BCUT2D eigenvalue weighted by Gasteiger charge is 2.16. The standard InChI is InChI=1S/C9H10N4S.ClH/c1-2-13-9(4-10-1)7(3-12-13)8-5-14-6-11-8;/h3,5-6,10H,1-2,4H2;1H. The fourth-order valence-electron chi connectivity index (χ4n) is 1.74. The van der Waals surface area contributed by atoms with E-state index in [1.165, 1.54) is 11.3 Å². The molecule has 0 radical (unpaired) electrons. The second kappa shape index (κ2) is 4.30. The summed E-state index contributed by atoms with van der Waals surface area (Å²) in [6.07, 6.45) is 1.91. The first kappa shape index (κ1) is 10.6. The van der Waals surface area contributed by atoms with Gasteiger partial charge in [0.2, 0.25) is 0 Å². The van der Waals surface area contributed by atoms with Crippen molar-refractivity contribution in [1.82, 2.24) is 20.1 Å². The quantitative estimate of drug-likeness (QED) is 0.825. The third-order valence-electron chi connectivity index (χ3n) is 2.45. The van der Waals surface area contributed by atoms with Gasteiger partial charge in [-0.15, -0.1) is 23.7 Å². The largest absolute Gasteiger partial charge is 0.309 e. The molecule has 3 heterocycles. The molecular weight excluding hydrogens is 232 g/mol. The topological polar surface area (TPSA) is 42.7 Å². The normalized spacial score (nSPS) is 14.4. The van der Waals surface area contributed by atoms with Crippen LogP contribution >= 0.6 is 23.7 Å². The second-order valence-corrected chi connectivity index (χ2v) is 4.00. The Kier molecular flexibility index (Phi) is 3.04. The smallest absolute Gasteiger partial charge is 0.0846 e. The summed E-state index contributed by atoms with van der Waals surface area (Å²) in [7, 11) is 0. The Balaban J connectivity index is 0.000000853. The highest BCUT2D eigenvalue weighted by atomic mass is 35.5. The molecule has 2 aromatic heterocycles. The van der Waals surface area contributed by atoms with E-state index in [-0.39, 0.29) is 12.4 Å². The fraction of sp³-hybridized carbons (Fsp3) is 0.333. The zero-order valence-corrected chi connectivity index (χ0v) is 9.64. The summed E-state index contributed by atoms with van der Waals surface area (Å²) in [5.74, 6) is 0. The van der Waals surface area contributed by atoms with Crippen molar-refractivity contribution in [2.45, 2.75) is 13.1 Å². The maximum absolute atomic E-state index is 4.35. The summed E-state index contributed by atoms with van der Waals surface area (Å²) in [6, 6.07) is 0. The van der Waals surface area contributed by atoms with Gasteiger partial charge in [-0.05, 0) is 0 Å². The number of nitrogens with one attached hydrogen (secondary N) is 1. The van der Waals surface area contributed by atoms with Crippen molar-refractivity contribution in [3.63, 3.8) is 0 Å². The van der Waals surface area contributed by atoms with Gasteiger partial charge in [-0.1, -0.05) is 0 Å². The molecule has 0 saturated heterocycles. The van der Waals surface area contributed by atoms with Crippen LogP contribution in [0.5, 0.6) is 0 Å². The molecule has 0 saturated carbocycles. The van der Waals surface area contributed by atoms with Gasteiger partial charge < -0.3 is 5.32 Å². The lowest BCUT2D eigenvalue weighted by Gasteiger charge is -2.15. The Bertz CT molecular complexity index is 437. The van der Waals surface area contributed by atoms with Crippen molar-refractivity contribution >= 4 is 23.7 Å². The van der Waals surface area contributed by atoms with Crippen LogP contribution in [-0.4, -0.2) is 21.3 Å². The predicted octanol–water partition coefficient (Wildman–Crippen LogP) is 1.53. The van der Waals surface area contributed by atoms with E-state index in [9.17, 15) is 0 Å². The molecule has 1 N–H and O–H groups in total. The first-order chi connectivity index (χ1) is 6.95. The van der Waals surface area contributed by atoms with Crippen molar-refractivity contribution in [2.24, 2.45) is 0 Å². The number of thiazole rings is 1. The van der Waals surface area contributed by atoms with Gasteiger partial charge in [0.05, 0.1) is 29.6 Å². The van der Waals surface area contributed by atoms with Gasteiger partial charge in [0, 0.05) is 24.0 Å². The summed E-state index contributed by atoms with van der Waals surface area (Å²) < 4.78 is 2.06. The van der Waals surface area contributed by atoms with Crippen LogP contribution in [0.3, 0.4) is 0 Å². The predicted molar refractivity (Wildman–Crippen MR) is 62.3 cm³/mol. The number of fused-ring (bicyclic) bond motifs is 1. The maximum atomic E-state index is 4.35. The summed E-state index contributed by atoms with van der Waals surface area (Å²) in [4.78, 5) is 4.30. The van der Waals surface area contributed by atoms with E-state index in [4.69, 9.17) is 0 Å². The molecule has 4 nitrogen and oxygen atoms in total. The van der Waals surface area contributed by atoms with Crippen molar-refractivity contribution in [3.8, 4) is 11.3 Å². The Hall–Kier alpha value is -0.910. The lowest BCUT2D eigenvalue weighted by molar-refractivity contribution is 0.476. The van der Waals surface area contributed by atoms with E-state index in [1.54, 1.807) is 11.3 Å². The van der Waals surface area contributed by atoms with Gasteiger partial charge in [0.1, 0.15) is 0 Å². The number of halogens is 1. The Morgan fingerprint density at radius 1 is 1.47 bits per heavy atom. The average Bonchev–Trinajstić information content (AvgIpc) is 2.85. The molecule has 3 rings (SSSR count). The van der Waals surface area contributed by atoms with E-state index in [0.29, 0.717) is 0 Å². The van der Waals surface area contributed by atoms with Crippen LogP contribution in [-0.2, 0) is 13.1 Å². The van der Waals surface area contributed by atoms with Crippen LogP contribution in [0.15, 0.2) is 17.1 Å². The number of hydrogen-bond acceptors (Lipinski definition) is 4. The minimum absolute atomic E-state index is 0. The summed E-state index contributed by atoms with van der Waals surface area (Å²) >= 11 is 1.62. The van der Waals surface area contributed by atoms with E-state index in [0.717, 1.165) is 25.3 Å². The maximum Gasteiger partial charge on any atom is 0.0846 e. The van der Waals surface area contributed by atoms with Gasteiger partial charge >= 0.3 is 0 Å². The van der Waals surface area contributed by atoms with Gasteiger partial charge in [-0.25, -0.2) is 4.98 Å². The number of hydrogen-bond donors (Lipinski definition) is 1. The minimum atomic E-state index is 0. The molecule has 2 aromatic rings. The monoisotopic (exact) mass is 242 g/mol. The number of nitrogens with zero attached hydrogens (tertiary/aromatic N) is 3. The number of aromatic nitrogens is 3. The molecular formula is C9H11ClN4S. The molecule has 0 spiro atoms. The molecule has 15 heavy (non-hydrogen) atoms. The van der Waals surface area contributed by atoms with E-state index < -0.39 is 0 Å². The lowest BCUT2D eigenvalue weighted by Crippen LogP contribution is -2.28. The Labute approximate surface area is 97.7 Å². The van der Waals surface area contributed by atoms with Crippen molar-refractivity contribution in [3.05, 3.63) is 22.8 Å². The first-order valence-corrected chi connectivity index (χ1v) is 5.53. The zero-order chi connectivity index (χ0) is 9.38. The van der Waals surface area contributed by atoms with Gasteiger partial charge in [0.15, 0.2) is 0 Å². The molecule has 80 valence electrons. The first-order valence-electron chi connectivity index (χ1n) is 4.59. The van der Waals surface area contributed by atoms with Gasteiger partial charge in [-0.3, -0.25) is 4.68 Å². The van der Waals surface area contributed by atoms with Crippen LogP contribution in [0.1, 0.15) is 5.69 Å². The third kappa shape index (κ3) is 1.78. The van der Waals surface area contributed by atoms with Crippen LogP contribution in [0.4, 0.5) is 0 Å². The summed E-state index contributed by atoms with van der Waals surface area (Å²) in [5.41, 5.74) is 5.32. The van der Waals surface area contributed by atoms with Crippen molar-refractivity contribution < 1.29 is 0 Å².